The highest BCUT2D eigenvalue weighted by molar-refractivity contribution is 6.30. The van der Waals surface area contributed by atoms with Gasteiger partial charge >= 0.3 is 6.18 Å². The number of alkyl halides is 3. The molecule has 3 rings (SSSR count). The van der Waals surface area contributed by atoms with Gasteiger partial charge in [-0.15, -0.1) is 0 Å². The molecule has 3 aromatic rings. The second-order valence-electron chi connectivity index (χ2n) is 10.1. The second kappa shape index (κ2) is 10.9. The Labute approximate surface area is 215 Å². The zero-order valence-corrected chi connectivity index (χ0v) is 22.2. The minimum atomic E-state index is -4.68. The Morgan fingerprint density at radius 2 is 1.44 bits per heavy atom. The number of hydrogen-bond donors (Lipinski definition) is 0. The quantitative estimate of drug-likeness (QED) is 0.271. The van der Waals surface area contributed by atoms with Crippen LogP contribution in [0.5, 0.6) is 0 Å². The van der Waals surface area contributed by atoms with E-state index < -0.39 is 29.0 Å². The molecule has 2 unspecified atom stereocenters. The monoisotopic (exact) mass is 522 g/mol. The fourth-order valence-corrected chi connectivity index (χ4v) is 5.40. The van der Waals surface area contributed by atoms with E-state index in [2.05, 4.69) is 6.92 Å². The van der Waals surface area contributed by atoms with Crippen LogP contribution >= 0.6 is 11.6 Å². The van der Waals surface area contributed by atoms with E-state index in [0.29, 0.717) is 12.0 Å². The van der Waals surface area contributed by atoms with E-state index in [-0.39, 0.29) is 29.1 Å². The van der Waals surface area contributed by atoms with Gasteiger partial charge in [0.2, 0.25) is 0 Å². The predicted molar refractivity (Wildman–Crippen MR) is 137 cm³/mol. The van der Waals surface area contributed by atoms with Gasteiger partial charge in [-0.25, -0.2) is 8.78 Å². The predicted octanol–water partition coefficient (Wildman–Crippen LogP) is 10.1. The van der Waals surface area contributed by atoms with Gasteiger partial charge in [0.05, 0.1) is 10.6 Å². The lowest BCUT2D eigenvalue weighted by molar-refractivity contribution is -0.138. The highest BCUT2D eigenvalue weighted by Gasteiger charge is 2.37. The van der Waals surface area contributed by atoms with E-state index in [1.54, 1.807) is 13.0 Å². The third-order valence-electron chi connectivity index (χ3n) is 7.02. The molecule has 3 aromatic carbocycles. The molecule has 0 saturated heterocycles. The van der Waals surface area contributed by atoms with Crippen molar-refractivity contribution >= 4 is 11.6 Å². The first kappa shape index (κ1) is 28.2. The Morgan fingerprint density at radius 3 is 2.06 bits per heavy atom. The third kappa shape index (κ3) is 5.94. The van der Waals surface area contributed by atoms with Crippen molar-refractivity contribution in [2.24, 2.45) is 0 Å². The lowest BCUT2D eigenvalue weighted by atomic mass is 9.82. The molecular weight excluding hydrogens is 491 g/mol. The van der Waals surface area contributed by atoms with Crippen LogP contribution in [0.4, 0.5) is 22.0 Å². The van der Waals surface area contributed by atoms with Crippen molar-refractivity contribution in [1.29, 1.82) is 0 Å². The van der Waals surface area contributed by atoms with E-state index in [1.807, 2.05) is 45.9 Å². The van der Waals surface area contributed by atoms with Crippen molar-refractivity contribution < 1.29 is 22.0 Å². The van der Waals surface area contributed by atoms with Gasteiger partial charge in [-0.1, -0.05) is 63.6 Å². The van der Waals surface area contributed by atoms with Crippen LogP contribution in [-0.4, -0.2) is 0 Å². The van der Waals surface area contributed by atoms with E-state index in [1.165, 1.54) is 6.07 Å². The van der Waals surface area contributed by atoms with Gasteiger partial charge in [-0.2, -0.15) is 13.2 Å². The molecule has 0 nitrogen and oxygen atoms in total. The summed E-state index contributed by atoms with van der Waals surface area (Å²) >= 11 is 5.85. The molecule has 0 aromatic heterocycles. The highest BCUT2D eigenvalue weighted by Crippen LogP contribution is 2.40. The SMILES string of the molecule is Cc1ccc(CC(C)c2c(C(F)(F)F)ccc(Cl)c2F)c(C)c1C(C)Cc1ccc(F)c(C(C)C)c1. The molecule has 2 atom stereocenters. The van der Waals surface area contributed by atoms with Crippen LogP contribution in [0.3, 0.4) is 0 Å². The number of halogens is 6. The van der Waals surface area contributed by atoms with Crippen molar-refractivity contribution in [1.82, 2.24) is 0 Å². The molecule has 0 amide bonds. The lowest BCUT2D eigenvalue weighted by Crippen LogP contribution is -2.15. The number of benzene rings is 3. The molecule has 0 aliphatic heterocycles. The van der Waals surface area contributed by atoms with Crippen LogP contribution in [-0.2, 0) is 19.0 Å². The fourth-order valence-electron chi connectivity index (χ4n) is 5.23. The van der Waals surface area contributed by atoms with Gasteiger partial charge in [0, 0.05) is 5.56 Å². The first-order chi connectivity index (χ1) is 16.7. The first-order valence-corrected chi connectivity index (χ1v) is 12.5. The third-order valence-corrected chi connectivity index (χ3v) is 7.31. The zero-order valence-electron chi connectivity index (χ0n) is 21.5. The van der Waals surface area contributed by atoms with Crippen molar-refractivity contribution in [2.75, 3.05) is 0 Å². The summed E-state index contributed by atoms with van der Waals surface area (Å²) in [4.78, 5) is 0. The van der Waals surface area contributed by atoms with Crippen molar-refractivity contribution in [3.05, 3.63) is 104 Å². The Hall–Kier alpha value is -2.40. The fraction of sp³-hybridized carbons (Fsp3) is 0.400. The Balaban J connectivity index is 1.95. The summed E-state index contributed by atoms with van der Waals surface area (Å²) in [5.74, 6) is -1.80. The van der Waals surface area contributed by atoms with Gasteiger partial charge in [0.1, 0.15) is 11.6 Å². The van der Waals surface area contributed by atoms with Crippen LogP contribution in [0.25, 0.3) is 0 Å². The average molecular weight is 523 g/mol. The van der Waals surface area contributed by atoms with E-state index in [4.69, 9.17) is 11.6 Å². The van der Waals surface area contributed by atoms with Crippen LogP contribution in [0.2, 0.25) is 5.02 Å². The maximum absolute atomic E-state index is 14.8. The molecule has 0 saturated carbocycles. The summed E-state index contributed by atoms with van der Waals surface area (Å²) in [6.45, 7) is 11.6. The lowest BCUT2D eigenvalue weighted by Gasteiger charge is -2.24. The van der Waals surface area contributed by atoms with Gasteiger partial charge < -0.3 is 0 Å². The minimum absolute atomic E-state index is 0.0713. The van der Waals surface area contributed by atoms with Crippen molar-refractivity contribution in [3.63, 3.8) is 0 Å². The van der Waals surface area contributed by atoms with E-state index >= 15 is 0 Å². The van der Waals surface area contributed by atoms with Gasteiger partial charge in [-0.05, 0) is 96.0 Å². The van der Waals surface area contributed by atoms with Gasteiger partial charge in [0.15, 0.2) is 0 Å². The number of rotatable bonds is 7. The molecule has 0 radical (unpaired) electrons. The standard InChI is InChI=1S/C30H32ClF5/c1-16(2)23-15-21(8-12-26(23)32)13-18(4)27-17(3)7-9-22(20(27)6)14-19(5)28-24(30(34,35)36)10-11-25(31)29(28)33/h7-12,15-16,18-19H,13-14H2,1-6H3. The van der Waals surface area contributed by atoms with Gasteiger partial charge in [-0.3, -0.25) is 0 Å². The smallest absolute Gasteiger partial charge is 0.207 e. The molecule has 0 aliphatic rings. The number of aryl methyl sites for hydroxylation is 1. The Morgan fingerprint density at radius 1 is 0.806 bits per heavy atom. The summed E-state index contributed by atoms with van der Waals surface area (Å²) in [7, 11) is 0. The van der Waals surface area contributed by atoms with Gasteiger partial charge in [0.25, 0.3) is 0 Å². The summed E-state index contributed by atoms with van der Waals surface area (Å²) < 4.78 is 69.9. The van der Waals surface area contributed by atoms with Crippen LogP contribution in [0.1, 0.15) is 90.0 Å². The normalized spacial score (nSPS) is 13.8. The maximum atomic E-state index is 14.8. The summed E-state index contributed by atoms with van der Waals surface area (Å²) in [6.07, 6.45) is -3.75. The summed E-state index contributed by atoms with van der Waals surface area (Å²) in [5.41, 5.74) is 4.34. The average Bonchev–Trinajstić information content (AvgIpc) is 2.77. The molecule has 0 heterocycles. The molecule has 0 aliphatic carbocycles. The molecule has 0 N–H and O–H groups in total. The first-order valence-electron chi connectivity index (χ1n) is 12.1. The summed E-state index contributed by atoms with van der Waals surface area (Å²) in [5, 5.41) is -0.320. The van der Waals surface area contributed by atoms with Crippen LogP contribution < -0.4 is 0 Å². The largest absolute Gasteiger partial charge is 0.416 e. The van der Waals surface area contributed by atoms with E-state index in [0.717, 1.165) is 39.9 Å². The van der Waals surface area contributed by atoms with E-state index in [9.17, 15) is 22.0 Å². The molecule has 6 heteroatoms. The Bertz CT molecular complexity index is 1240. The summed E-state index contributed by atoms with van der Waals surface area (Å²) in [6, 6.07) is 10.9. The zero-order chi connectivity index (χ0) is 26.9. The molecular formula is C30H32ClF5. The van der Waals surface area contributed by atoms with Crippen LogP contribution in [0, 0.1) is 25.5 Å². The van der Waals surface area contributed by atoms with Crippen molar-refractivity contribution in [2.45, 2.75) is 78.3 Å². The molecule has 194 valence electrons. The second-order valence-corrected chi connectivity index (χ2v) is 10.5. The molecule has 0 fully saturated rings. The molecule has 36 heavy (non-hydrogen) atoms. The van der Waals surface area contributed by atoms with Crippen molar-refractivity contribution in [3.8, 4) is 0 Å². The highest BCUT2D eigenvalue weighted by atomic mass is 35.5. The van der Waals surface area contributed by atoms with Crippen LogP contribution in [0.15, 0.2) is 42.5 Å². The topological polar surface area (TPSA) is 0 Å². The minimum Gasteiger partial charge on any atom is -0.207 e. The Kier molecular flexibility index (Phi) is 8.55. The molecule has 0 bridgehead atoms. The number of hydrogen-bond acceptors (Lipinski definition) is 0. The maximum Gasteiger partial charge on any atom is 0.416 e. The molecule has 0 spiro atoms.